The summed E-state index contributed by atoms with van der Waals surface area (Å²) in [7, 11) is 0. The van der Waals surface area contributed by atoms with Gasteiger partial charge in [-0.25, -0.2) is 0 Å². The third-order valence-electron chi connectivity index (χ3n) is 4.67. The summed E-state index contributed by atoms with van der Waals surface area (Å²) in [5.74, 6) is 2.14. The number of aryl methyl sites for hydroxylation is 1. The minimum Gasteiger partial charge on any atom is -0.466 e. The van der Waals surface area contributed by atoms with E-state index in [2.05, 4.69) is 30.5 Å². The van der Waals surface area contributed by atoms with Crippen LogP contribution in [0.25, 0.3) is 0 Å². The van der Waals surface area contributed by atoms with Crippen LogP contribution >= 0.6 is 0 Å². The number of fused-ring (bicyclic) bond motifs is 1. The fraction of sp³-hybridized carbons (Fsp3) is 0.706. The summed E-state index contributed by atoms with van der Waals surface area (Å²) < 4.78 is 5.82. The number of rotatable bonds is 3. The molecule has 0 spiro atoms. The molecule has 4 heteroatoms. The first-order valence-electron chi connectivity index (χ1n) is 8.05. The number of hydrogen-bond acceptors (Lipinski definition) is 3. The van der Waals surface area contributed by atoms with E-state index in [1.807, 2.05) is 6.92 Å². The average Bonchev–Trinajstić information content (AvgIpc) is 2.96. The maximum absolute atomic E-state index is 12.3. The molecule has 1 aromatic heterocycles. The monoisotopic (exact) mass is 290 g/mol. The first-order chi connectivity index (χ1) is 9.93. The molecule has 0 radical (unpaired) electrons. The van der Waals surface area contributed by atoms with E-state index in [1.54, 1.807) is 0 Å². The van der Waals surface area contributed by atoms with Crippen molar-refractivity contribution < 1.29 is 9.21 Å². The molecule has 1 fully saturated rings. The maximum atomic E-state index is 12.3. The first kappa shape index (κ1) is 14.6. The number of carbonyl (C=O) groups is 1. The van der Waals surface area contributed by atoms with Crippen LogP contribution in [0.15, 0.2) is 10.5 Å². The second kappa shape index (κ2) is 5.48. The van der Waals surface area contributed by atoms with Gasteiger partial charge in [0.25, 0.3) is 0 Å². The number of carbonyl (C=O) groups excluding carboxylic acids is 1. The Balaban J connectivity index is 1.70. The third-order valence-corrected chi connectivity index (χ3v) is 4.67. The van der Waals surface area contributed by atoms with E-state index >= 15 is 0 Å². The van der Waals surface area contributed by atoms with Gasteiger partial charge in [-0.1, -0.05) is 13.8 Å². The number of furan rings is 1. The van der Waals surface area contributed by atoms with E-state index in [9.17, 15) is 4.79 Å². The van der Waals surface area contributed by atoms with Crippen LogP contribution in [-0.2, 0) is 11.2 Å². The molecular weight excluding hydrogens is 264 g/mol. The summed E-state index contributed by atoms with van der Waals surface area (Å²) in [6.07, 6.45) is 4.80. The van der Waals surface area contributed by atoms with E-state index in [1.165, 1.54) is 12.0 Å². The highest BCUT2D eigenvalue weighted by Gasteiger charge is 2.35. The smallest absolute Gasteiger partial charge is 0.222 e. The van der Waals surface area contributed by atoms with E-state index in [0.29, 0.717) is 12.5 Å². The molecule has 0 saturated carbocycles. The van der Waals surface area contributed by atoms with Crippen molar-refractivity contribution in [3.8, 4) is 0 Å². The fourth-order valence-corrected chi connectivity index (χ4v) is 3.72. The molecule has 2 N–H and O–H groups in total. The van der Waals surface area contributed by atoms with Gasteiger partial charge in [0.05, 0.1) is 6.04 Å². The lowest BCUT2D eigenvalue weighted by Gasteiger charge is -2.34. The third kappa shape index (κ3) is 3.31. The second-order valence-corrected chi connectivity index (χ2v) is 7.40. The van der Waals surface area contributed by atoms with Crippen molar-refractivity contribution in [3.05, 3.63) is 23.2 Å². The molecular formula is C17H26N2O2. The van der Waals surface area contributed by atoms with Crippen LogP contribution in [0.1, 0.15) is 62.7 Å². The van der Waals surface area contributed by atoms with E-state index < -0.39 is 0 Å². The van der Waals surface area contributed by atoms with Gasteiger partial charge in [0, 0.05) is 24.4 Å². The van der Waals surface area contributed by atoms with Crippen LogP contribution in [0, 0.1) is 12.3 Å². The van der Waals surface area contributed by atoms with E-state index in [4.69, 9.17) is 4.42 Å². The van der Waals surface area contributed by atoms with Crippen molar-refractivity contribution in [2.75, 3.05) is 6.54 Å². The summed E-state index contributed by atoms with van der Waals surface area (Å²) >= 11 is 0. The molecule has 2 atom stereocenters. The maximum Gasteiger partial charge on any atom is 0.222 e. The Hall–Kier alpha value is -1.29. The predicted molar refractivity (Wildman–Crippen MR) is 82.1 cm³/mol. The zero-order valence-electron chi connectivity index (χ0n) is 13.3. The molecule has 3 rings (SSSR count). The molecule has 1 aliphatic heterocycles. The molecule has 1 amide bonds. The Morgan fingerprint density at radius 2 is 2.33 bits per heavy atom. The molecule has 2 unspecified atom stereocenters. The lowest BCUT2D eigenvalue weighted by Crippen LogP contribution is -2.38. The summed E-state index contributed by atoms with van der Waals surface area (Å²) in [5.41, 5.74) is 1.35. The SMILES string of the molecule is Cc1cc2c(o1)CC(C)(C)CC2NC(=O)CC1CCCN1. The number of nitrogens with one attached hydrogen (secondary N) is 2. The molecule has 1 aromatic rings. The number of amides is 1. The van der Waals surface area contributed by atoms with Crippen molar-refractivity contribution >= 4 is 5.91 Å². The van der Waals surface area contributed by atoms with Crippen molar-refractivity contribution in [3.63, 3.8) is 0 Å². The molecule has 1 aliphatic carbocycles. The average molecular weight is 290 g/mol. The molecule has 116 valence electrons. The minimum absolute atomic E-state index is 0.0927. The van der Waals surface area contributed by atoms with Gasteiger partial charge in [0.1, 0.15) is 11.5 Å². The summed E-state index contributed by atoms with van der Waals surface area (Å²) in [6, 6.07) is 2.53. The Morgan fingerprint density at radius 3 is 3.05 bits per heavy atom. The van der Waals surface area contributed by atoms with Gasteiger partial charge < -0.3 is 15.1 Å². The molecule has 4 nitrogen and oxygen atoms in total. The minimum atomic E-state index is 0.0927. The van der Waals surface area contributed by atoms with Gasteiger partial charge in [-0.3, -0.25) is 4.79 Å². The highest BCUT2D eigenvalue weighted by molar-refractivity contribution is 5.77. The molecule has 21 heavy (non-hydrogen) atoms. The Labute approximate surface area is 126 Å². The van der Waals surface area contributed by atoms with Crippen LogP contribution in [-0.4, -0.2) is 18.5 Å². The van der Waals surface area contributed by atoms with Crippen molar-refractivity contribution in [2.45, 2.75) is 65.0 Å². The highest BCUT2D eigenvalue weighted by Crippen LogP contribution is 2.42. The van der Waals surface area contributed by atoms with Gasteiger partial charge >= 0.3 is 0 Å². The highest BCUT2D eigenvalue weighted by atomic mass is 16.3. The zero-order valence-corrected chi connectivity index (χ0v) is 13.3. The molecule has 0 aromatic carbocycles. The van der Waals surface area contributed by atoms with Crippen molar-refractivity contribution in [1.29, 1.82) is 0 Å². The van der Waals surface area contributed by atoms with Gasteiger partial charge in [-0.15, -0.1) is 0 Å². The largest absolute Gasteiger partial charge is 0.466 e. The first-order valence-corrected chi connectivity index (χ1v) is 8.05. The van der Waals surface area contributed by atoms with Crippen molar-refractivity contribution in [2.24, 2.45) is 5.41 Å². The van der Waals surface area contributed by atoms with E-state index in [-0.39, 0.29) is 17.4 Å². The fourth-order valence-electron chi connectivity index (χ4n) is 3.72. The Morgan fingerprint density at radius 1 is 1.52 bits per heavy atom. The molecule has 0 bridgehead atoms. The van der Waals surface area contributed by atoms with Crippen LogP contribution < -0.4 is 10.6 Å². The van der Waals surface area contributed by atoms with Gasteiger partial charge in [0.15, 0.2) is 0 Å². The topological polar surface area (TPSA) is 54.3 Å². The van der Waals surface area contributed by atoms with Gasteiger partial charge in [0.2, 0.25) is 5.91 Å². The van der Waals surface area contributed by atoms with Crippen LogP contribution in [0.3, 0.4) is 0 Å². The number of hydrogen-bond donors (Lipinski definition) is 2. The van der Waals surface area contributed by atoms with E-state index in [0.717, 1.165) is 37.3 Å². The van der Waals surface area contributed by atoms with Crippen LogP contribution in [0.2, 0.25) is 0 Å². The quantitative estimate of drug-likeness (QED) is 0.900. The van der Waals surface area contributed by atoms with Crippen LogP contribution in [0.5, 0.6) is 0 Å². The van der Waals surface area contributed by atoms with Gasteiger partial charge in [-0.2, -0.15) is 0 Å². The standard InChI is InChI=1S/C17H26N2O2/c1-11-7-13-14(9-17(2,3)10-15(13)21-11)19-16(20)8-12-5-4-6-18-12/h7,12,14,18H,4-6,8-10H2,1-3H3,(H,19,20). The summed E-state index contributed by atoms with van der Waals surface area (Å²) in [5, 5.41) is 6.62. The predicted octanol–water partition coefficient (Wildman–Crippen LogP) is 2.86. The van der Waals surface area contributed by atoms with Crippen LogP contribution in [0.4, 0.5) is 0 Å². The summed E-state index contributed by atoms with van der Waals surface area (Å²) in [4.78, 5) is 12.3. The Kier molecular flexibility index (Phi) is 3.82. The second-order valence-electron chi connectivity index (χ2n) is 7.40. The lowest BCUT2D eigenvalue weighted by atomic mass is 9.74. The normalized spacial score (nSPS) is 27.4. The van der Waals surface area contributed by atoms with Crippen molar-refractivity contribution in [1.82, 2.24) is 10.6 Å². The molecule has 2 heterocycles. The van der Waals surface area contributed by atoms with Gasteiger partial charge in [-0.05, 0) is 44.2 Å². The molecule has 2 aliphatic rings. The molecule has 1 saturated heterocycles. The lowest BCUT2D eigenvalue weighted by molar-refractivity contribution is -0.122. The summed E-state index contributed by atoms with van der Waals surface area (Å²) in [6.45, 7) is 7.50. The Bertz CT molecular complexity index is 527. The zero-order chi connectivity index (χ0) is 15.0.